The van der Waals surface area contributed by atoms with Gasteiger partial charge in [0.1, 0.15) is 10.9 Å². The highest BCUT2D eigenvalue weighted by Gasteiger charge is 2.23. The highest BCUT2D eigenvalue weighted by Crippen LogP contribution is 2.33. The molecule has 2 aromatic heterocycles. The lowest BCUT2D eigenvalue weighted by Crippen LogP contribution is -2.32. The van der Waals surface area contributed by atoms with Gasteiger partial charge >= 0.3 is 0 Å². The minimum absolute atomic E-state index is 0.111. The van der Waals surface area contributed by atoms with Crippen molar-refractivity contribution in [3.05, 3.63) is 57.5 Å². The van der Waals surface area contributed by atoms with Gasteiger partial charge in [-0.15, -0.1) is 11.3 Å². The third-order valence-electron chi connectivity index (χ3n) is 4.74. The van der Waals surface area contributed by atoms with Crippen molar-refractivity contribution in [1.82, 2.24) is 9.55 Å². The van der Waals surface area contributed by atoms with Gasteiger partial charge in [0.15, 0.2) is 0 Å². The SMILES string of the molecule is C[C@H](C(=O)Nc1ccccc1)n1cnc2sc3c(c2c1=O)CCCC3. The molecule has 6 heteroatoms. The summed E-state index contributed by atoms with van der Waals surface area (Å²) in [5.41, 5.74) is 1.75. The maximum Gasteiger partial charge on any atom is 0.263 e. The van der Waals surface area contributed by atoms with E-state index in [0.717, 1.165) is 29.7 Å². The molecule has 1 aromatic carbocycles. The number of rotatable bonds is 3. The molecular weight excluding hydrogens is 334 g/mol. The summed E-state index contributed by atoms with van der Waals surface area (Å²) >= 11 is 1.62. The molecule has 3 aromatic rings. The molecule has 0 spiro atoms. The molecule has 0 saturated carbocycles. The van der Waals surface area contributed by atoms with E-state index in [0.29, 0.717) is 11.1 Å². The van der Waals surface area contributed by atoms with Crippen molar-refractivity contribution in [3.63, 3.8) is 0 Å². The van der Waals surface area contributed by atoms with Gasteiger partial charge in [-0.25, -0.2) is 4.98 Å². The summed E-state index contributed by atoms with van der Waals surface area (Å²) < 4.78 is 1.45. The number of thiophene rings is 1. The van der Waals surface area contributed by atoms with Crippen LogP contribution < -0.4 is 10.9 Å². The van der Waals surface area contributed by atoms with Crippen molar-refractivity contribution < 1.29 is 4.79 Å². The van der Waals surface area contributed by atoms with Gasteiger partial charge in [-0.3, -0.25) is 14.2 Å². The number of nitrogens with one attached hydrogen (secondary N) is 1. The minimum atomic E-state index is -0.622. The van der Waals surface area contributed by atoms with Crippen LogP contribution in [-0.4, -0.2) is 15.5 Å². The Morgan fingerprint density at radius 2 is 2.00 bits per heavy atom. The average molecular weight is 353 g/mol. The number of fused-ring (bicyclic) bond motifs is 3. The topological polar surface area (TPSA) is 64.0 Å². The van der Waals surface area contributed by atoms with Gasteiger partial charge in [0, 0.05) is 10.6 Å². The zero-order valence-corrected chi connectivity index (χ0v) is 14.8. The van der Waals surface area contributed by atoms with E-state index in [-0.39, 0.29) is 11.5 Å². The van der Waals surface area contributed by atoms with E-state index >= 15 is 0 Å². The smallest absolute Gasteiger partial charge is 0.263 e. The van der Waals surface area contributed by atoms with E-state index in [4.69, 9.17) is 0 Å². The van der Waals surface area contributed by atoms with E-state index in [1.165, 1.54) is 22.2 Å². The van der Waals surface area contributed by atoms with Gasteiger partial charge in [-0.2, -0.15) is 0 Å². The van der Waals surface area contributed by atoms with Crippen LogP contribution in [0.25, 0.3) is 10.2 Å². The Hall–Kier alpha value is -2.47. The second-order valence-corrected chi connectivity index (χ2v) is 7.46. The quantitative estimate of drug-likeness (QED) is 0.783. The Kier molecular flexibility index (Phi) is 4.13. The molecule has 1 amide bonds. The first-order valence-corrected chi connectivity index (χ1v) is 9.34. The van der Waals surface area contributed by atoms with E-state index in [1.807, 2.05) is 30.3 Å². The van der Waals surface area contributed by atoms with Crippen molar-refractivity contribution in [2.24, 2.45) is 0 Å². The maximum atomic E-state index is 13.0. The van der Waals surface area contributed by atoms with E-state index < -0.39 is 6.04 Å². The fourth-order valence-electron chi connectivity index (χ4n) is 3.33. The number of hydrogen-bond donors (Lipinski definition) is 1. The first-order valence-electron chi connectivity index (χ1n) is 8.52. The number of benzene rings is 1. The normalized spacial score (nSPS) is 14.9. The molecule has 0 aliphatic heterocycles. The van der Waals surface area contributed by atoms with Crippen molar-refractivity contribution >= 4 is 33.1 Å². The minimum Gasteiger partial charge on any atom is -0.324 e. The summed E-state index contributed by atoms with van der Waals surface area (Å²) in [4.78, 5) is 32.1. The van der Waals surface area contributed by atoms with Crippen LogP contribution in [0.5, 0.6) is 0 Å². The predicted molar refractivity (Wildman–Crippen MR) is 100 cm³/mol. The van der Waals surface area contributed by atoms with Crippen LogP contribution in [0, 0.1) is 0 Å². The third-order valence-corrected chi connectivity index (χ3v) is 5.94. The van der Waals surface area contributed by atoms with Crippen molar-refractivity contribution in [3.8, 4) is 0 Å². The Morgan fingerprint density at radius 1 is 1.24 bits per heavy atom. The van der Waals surface area contributed by atoms with Gasteiger partial charge in [-0.05, 0) is 50.3 Å². The maximum absolute atomic E-state index is 13.0. The number of nitrogens with zero attached hydrogens (tertiary/aromatic N) is 2. The summed E-state index contributed by atoms with van der Waals surface area (Å²) in [6.07, 6.45) is 5.74. The van der Waals surface area contributed by atoms with Gasteiger partial charge in [0.05, 0.1) is 11.7 Å². The molecule has 1 aliphatic rings. The average Bonchev–Trinajstić information content (AvgIpc) is 3.01. The van der Waals surface area contributed by atoms with E-state index in [9.17, 15) is 9.59 Å². The lowest BCUT2D eigenvalue weighted by Gasteiger charge is -2.15. The molecule has 2 heterocycles. The molecule has 0 bridgehead atoms. The summed E-state index contributed by atoms with van der Waals surface area (Å²) in [7, 11) is 0. The van der Waals surface area contributed by atoms with Gasteiger partial charge in [-0.1, -0.05) is 18.2 Å². The summed E-state index contributed by atoms with van der Waals surface area (Å²) in [6.45, 7) is 1.73. The summed E-state index contributed by atoms with van der Waals surface area (Å²) in [5.74, 6) is -0.224. The monoisotopic (exact) mass is 353 g/mol. The second-order valence-electron chi connectivity index (χ2n) is 6.38. The molecule has 0 unspecified atom stereocenters. The van der Waals surface area contributed by atoms with E-state index in [2.05, 4.69) is 10.3 Å². The number of aryl methyl sites for hydroxylation is 2. The number of hydrogen-bond acceptors (Lipinski definition) is 4. The first-order chi connectivity index (χ1) is 12.1. The highest BCUT2D eigenvalue weighted by atomic mass is 32.1. The Bertz CT molecular complexity index is 991. The number of amides is 1. The number of para-hydroxylation sites is 1. The van der Waals surface area contributed by atoms with Gasteiger partial charge < -0.3 is 5.32 Å². The zero-order chi connectivity index (χ0) is 17.4. The highest BCUT2D eigenvalue weighted by molar-refractivity contribution is 7.18. The molecule has 0 saturated heterocycles. The molecule has 25 heavy (non-hydrogen) atoms. The number of anilines is 1. The second kappa shape index (κ2) is 6.44. The van der Waals surface area contributed by atoms with Crippen LogP contribution >= 0.6 is 11.3 Å². The fraction of sp³-hybridized carbons (Fsp3) is 0.316. The van der Waals surface area contributed by atoms with Crippen molar-refractivity contribution in [1.29, 1.82) is 0 Å². The summed E-state index contributed by atoms with van der Waals surface area (Å²) in [5, 5.41) is 3.56. The van der Waals surface area contributed by atoms with E-state index in [1.54, 1.807) is 18.3 Å². The lowest BCUT2D eigenvalue weighted by molar-refractivity contribution is -0.118. The number of carbonyl (C=O) groups excluding carboxylic acids is 1. The third kappa shape index (κ3) is 2.87. The molecule has 1 aliphatic carbocycles. The molecule has 1 N–H and O–H groups in total. The molecule has 1 atom stereocenters. The lowest BCUT2D eigenvalue weighted by atomic mass is 9.97. The molecular formula is C19H19N3O2S. The molecule has 0 radical (unpaired) electrons. The molecule has 4 rings (SSSR count). The van der Waals surface area contributed by atoms with Gasteiger partial charge in [0.25, 0.3) is 5.56 Å². The van der Waals surface area contributed by atoms with Crippen molar-refractivity contribution in [2.45, 2.75) is 38.6 Å². The van der Waals surface area contributed by atoms with Crippen LogP contribution in [0.15, 0.2) is 41.5 Å². The first kappa shape index (κ1) is 16.0. The largest absolute Gasteiger partial charge is 0.324 e. The van der Waals surface area contributed by atoms with Crippen LogP contribution in [0.1, 0.15) is 36.2 Å². The molecule has 5 nitrogen and oxygen atoms in total. The van der Waals surface area contributed by atoms with Crippen LogP contribution in [-0.2, 0) is 17.6 Å². The van der Waals surface area contributed by atoms with Crippen LogP contribution in [0.2, 0.25) is 0 Å². The standard InChI is InChI=1S/C19H19N3O2S/c1-12(17(23)21-13-7-3-2-4-8-13)22-11-20-18-16(19(22)24)14-9-5-6-10-15(14)25-18/h2-4,7-8,11-12H,5-6,9-10H2,1H3,(H,21,23)/t12-/m1/s1. The zero-order valence-electron chi connectivity index (χ0n) is 14.0. The predicted octanol–water partition coefficient (Wildman–Crippen LogP) is 3.54. The molecule has 128 valence electrons. The Morgan fingerprint density at radius 3 is 2.80 bits per heavy atom. The van der Waals surface area contributed by atoms with Crippen LogP contribution in [0.3, 0.4) is 0 Å². The summed E-state index contributed by atoms with van der Waals surface area (Å²) in [6, 6.07) is 8.63. The van der Waals surface area contributed by atoms with Gasteiger partial charge in [0.2, 0.25) is 5.91 Å². The number of carbonyl (C=O) groups is 1. The number of aromatic nitrogens is 2. The van der Waals surface area contributed by atoms with Crippen molar-refractivity contribution in [2.75, 3.05) is 5.32 Å². The molecule has 0 fully saturated rings. The Labute approximate surface area is 149 Å². The van der Waals surface area contributed by atoms with Crippen LogP contribution in [0.4, 0.5) is 5.69 Å². The Balaban J connectivity index is 1.70. The fourth-order valence-corrected chi connectivity index (χ4v) is 4.55.